The fraction of sp³-hybridized carbons (Fsp3) is 0.133. The van der Waals surface area contributed by atoms with Crippen molar-refractivity contribution in [1.82, 2.24) is 0 Å². The van der Waals surface area contributed by atoms with Gasteiger partial charge in [0.05, 0.1) is 6.04 Å². The van der Waals surface area contributed by atoms with Crippen LogP contribution in [0.1, 0.15) is 24.1 Å². The van der Waals surface area contributed by atoms with Crippen molar-refractivity contribution in [3.8, 4) is 0 Å². The Morgan fingerprint density at radius 3 is 2.65 bits per heavy atom. The Balaban J connectivity index is 2.31. The molecule has 0 fully saturated rings. The van der Waals surface area contributed by atoms with E-state index in [9.17, 15) is 0 Å². The van der Waals surface area contributed by atoms with Gasteiger partial charge >= 0.3 is 0 Å². The van der Waals surface area contributed by atoms with Crippen LogP contribution in [0.15, 0.2) is 46.9 Å². The van der Waals surface area contributed by atoms with Gasteiger partial charge in [-0.15, -0.1) is 0 Å². The van der Waals surface area contributed by atoms with E-state index in [0.717, 1.165) is 26.3 Å². The molecule has 0 spiro atoms. The maximum absolute atomic E-state index is 6.21. The molecule has 2 aromatic carbocycles. The second-order valence-corrected chi connectivity index (χ2v) is 6.20. The molecule has 0 aliphatic rings. The second kappa shape index (κ2) is 6.57. The van der Waals surface area contributed by atoms with Gasteiger partial charge in [0.2, 0.25) is 0 Å². The number of nitrogens with two attached hydrogens (primary N) is 1. The van der Waals surface area contributed by atoms with Crippen LogP contribution < -0.4 is 11.1 Å². The van der Waals surface area contributed by atoms with Crippen LogP contribution in [0.2, 0.25) is 5.02 Å². The Labute approximate surface area is 137 Å². The molecular weight excluding hydrogens is 356 g/mol. The van der Waals surface area contributed by atoms with Crippen molar-refractivity contribution in [2.45, 2.75) is 13.0 Å². The summed E-state index contributed by atoms with van der Waals surface area (Å²) < 4.78 is 0.941. The van der Waals surface area contributed by atoms with Gasteiger partial charge in [-0.3, -0.25) is 0 Å². The molecule has 5 heteroatoms. The average Bonchev–Trinajstić information content (AvgIpc) is 2.41. The largest absolute Gasteiger partial charge is 0.389 e. The van der Waals surface area contributed by atoms with E-state index < -0.39 is 0 Å². The number of hydrogen-bond acceptors (Lipinski definition) is 2. The van der Waals surface area contributed by atoms with E-state index in [1.54, 1.807) is 0 Å². The highest BCUT2D eigenvalue weighted by molar-refractivity contribution is 9.10. The van der Waals surface area contributed by atoms with E-state index in [0.29, 0.717) is 4.99 Å². The van der Waals surface area contributed by atoms with Crippen molar-refractivity contribution in [2.24, 2.45) is 5.73 Å². The number of thiocarbonyl (C=S) groups is 1. The quantitative estimate of drug-likeness (QED) is 0.752. The predicted octanol–water partition coefficient (Wildman–Crippen LogP) is 4.91. The van der Waals surface area contributed by atoms with Crippen LogP contribution in [0.25, 0.3) is 0 Å². The predicted molar refractivity (Wildman–Crippen MR) is 93.5 cm³/mol. The fourth-order valence-electron chi connectivity index (χ4n) is 1.98. The standard InChI is InChI=1S/C15H14BrClN2S/c1-9(11-4-2-3-5-13(11)17)19-14-7-6-10(16)8-12(14)15(18)20/h2-9,19H,1H3,(H2,18,20). The summed E-state index contributed by atoms with van der Waals surface area (Å²) in [6, 6.07) is 13.6. The fourth-order valence-corrected chi connectivity index (χ4v) is 2.81. The highest BCUT2D eigenvalue weighted by atomic mass is 79.9. The number of hydrogen-bond donors (Lipinski definition) is 2. The first-order chi connectivity index (χ1) is 9.49. The van der Waals surface area contributed by atoms with Gasteiger partial charge < -0.3 is 11.1 Å². The molecule has 2 rings (SSSR count). The van der Waals surface area contributed by atoms with Crippen molar-refractivity contribution in [1.29, 1.82) is 0 Å². The topological polar surface area (TPSA) is 38.0 Å². The van der Waals surface area contributed by atoms with E-state index in [2.05, 4.69) is 21.2 Å². The van der Waals surface area contributed by atoms with Crippen molar-refractivity contribution < 1.29 is 0 Å². The van der Waals surface area contributed by atoms with Gasteiger partial charge in [-0.25, -0.2) is 0 Å². The number of benzene rings is 2. The summed E-state index contributed by atoms with van der Waals surface area (Å²) >= 11 is 14.7. The number of anilines is 1. The van der Waals surface area contributed by atoms with Crippen LogP contribution in [0.3, 0.4) is 0 Å². The van der Waals surface area contributed by atoms with Gasteiger partial charge in [0.15, 0.2) is 0 Å². The Kier molecular flexibility index (Phi) is 5.02. The lowest BCUT2D eigenvalue weighted by molar-refractivity contribution is 0.884. The SMILES string of the molecule is CC(Nc1ccc(Br)cc1C(N)=S)c1ccccc1Cl. The lowest BCUT2D eigenvalue weighted by atomic mass is 10.1. The van der Waals surface area contributed by atoms with Gasteiger partial charge in [0, 0.05) is 20.7 Å². The Morgan fingerprint density at radius 2 is 2.00 bits per heavy atom. The molecule has 20 heavy (non-hydrogen) atoms. The van der Waals surface area contributed by atoms with Crippen molar-refractivity contribution in [3.63, 3.8) is 0 Å². The summed E-state index contributed by atoms with van der Waals surface area (Å²) in [5, 5.41) is 4.14. The highest BCUT2D eigenvalue weighted by Crippen LogP contribution is 2.28. The molecule has 0 saturated carbocycles. The highest BCUT2D eigenvalue weighted by Gasteiger charge is 2.12. The third-order valence-corrected chi connectivity index (χ3v) is 4.05. The third-order valence-electron chi connectivity index (χ3n) is 2.99. The first kappa shape index (κ1) is 15.3. The van der Waals surface area contributed by atoms with E-state index in [1.807, 2.05) is 49.4 Å². The van der Waals surface area contributed by atoms with Crippen LogP contribution in [0.5, 0.6) is 0 Å². The molecule has 0 radical (unpaired) electrons. The van der Waals surface area contributed by atoms with Gasteiger partial charge in [-0.1, -0.05) is 57.9 Å². The molecule has 2 nitrogen and oxygen atoms in total. The van der Waals surface area contributed by atoms with Crippen molar-refractivity contribution in [2.75, 3.05) is 5.32 Å². The molecule has 0 aliphatic carbocycles. The first-order valence-electron chi connectivity index (χ1n) is 6.09. The molecular formula is C15H14BrClN2S. The molecule has 0 aliphatic heterocycles. The summed E-state index contributed by atoms with van der Waals surface area (Å²) in [7, 11) is 0. The zero-order valence-electron chi connectivity index (χ0n) is 10.9. The normalized spacial score (nSPS) is 11.9. The molecule has 2 aromatic rings. The minimum absolute atomic E-state index is 0.0537. The second-order valence-electron chi connectivity index (χ2n) is 4.44. The minimum atomic E-state index is 0.0537. The van der Waals surface area contributed by atoms with Crippen LogP contribution in [0, 0.1) is 0 Å². The molecule has 104 valence electrons. The van der Waals surface area contributed by atoms with E-state index in [1.165, 1.54) is 0 Å². The van der Waals surface area contributed by atoms with Gasteiger partial charge in [-0.05, 0) is 36.8 Å². The maximum Gasteiger partial charge on any atom is 0.106 e. The van der Waals surface area contributed by atoms with E-state index >= 15 is 0 Å². The number of halogens is 2. The smallest absolute Gasteiger partial charge is 0.106 e. The van der Waals surface area contributed by atoms with Gasteiger partial charge in [0.1, 0.15) is 4.99 Å². The molecule has 0 aromatic heterocycles. The number of nitrogens with one attached hydrogen (secondary N) is 1. The van der Waals surface area contributed by atoms with Crippen molar-refractivity contribution >= 4 is 50.4 Å². The Bertz CT molecular complexity index is 646. The van der Waals surface area contributed by atoms with Gasteiger partial charge in [0.25, 0.3) is 0 Å². The van der Waals surface area contributed by atoms with Crippen LogP contribution in [-0.4, -0.2) is 4.99 Å². The summed E-state index contributed by atoms with van der Waals surface area (Å²) in [5.74, 6) is 0. The summed E-state index contributed by atoms with van der Waals surface area (Å²) in [6.07, 6.45) is 0. The lowest BCUT2D eigenvalue weighted by Gasteiger charge is -2.19. The average molecular weight is 370 g/mol. The third kappa shape index (κ3) is 3.51. The van der Waals surface area contributed by atoms with Crippen LogP contribution >= 0.6 is 39.7 Å². The van der Waals surface area contributed by atoms with E-state index in [4.69, 9.17) is 29.6 Å². The molecule has 0 saturated heterocycles. The molecule has 0 amide bonds. The Hall–Kier alpha value is -1.10. The van der Waals surface area contributed by atoms with Crippen LogP contribution in [0.4, 0.5) is 5.69 Å². The monoisotopic (exact) mass is 368 g/mol. The van der Waals surface area contributed by atoms with Gasteiger partial charge in [-0.2, -0.15) is 0 Å². The molecule has 0 heterocycles. The Morgan fingerprint density at radius 1 is 1.30 bits per heavy atom. The zero-order chi connectivity index (χ0) is 14.7. The minimum Gasteiger partial charge on any atom is -0.389 e. The van der Waals surface area contributed by atoms with Crippen LogP contribution in [-0.2, 0) is 0 Å². The first-order valence-corrected chi connectivity index (χ1v) is 7.67. The molecule has 3 N–H and O–H groups in total. The molecule has 1 atom stereocenters. The summed E-state index contributed by atoms with van der Waals surface area (Å²) in [6.45, 7) is 2.05. The lowest BCUT2D eigenvalue weighted by Crippen LogP contribution is -2.15. The summed E-state index contributed by atoms with van der Waals surface area (Å²) in [4.78, 5) is 0.361. The maximum atomic E-state index is 6.21. The van der Waals surface area contributed by atoms with E-state index in [-0.39, 0.29) is 6.04 Å². The molecule has 0 bridgehead atoms. The number of rotatable bonds is 4. The molecule has 1 unspecified atom stereocenters. The zero-order valence-corrected chi connectivity index (χ0v) is 14.0. The van der Waals surface area contributed by atoms with Crippen molar-refractivity contribution in [3.05, 3.63) is 63.1 Å². The summed E-state index contributed by atoms with van der Waals surface area (Å²) in [5.41, 5.74) is 8.52.